The van der Waals surface area contributed by atoms with E-state index < -0.39 is 16.4 Å². The van der Waals surface area contributed by atoms with Crippen LogP contribution in [0, 0.1) is 21.8 Å². The van der Waals surface area contributed by atoms with Crippen LogP contribution in [0.1, 0.15) is 6.42 Å². The molecule has 100 valence electrons. The number of nitro groups is 1. The van der Waals surface area contributed by atoms with Crippen LogP contribution in [0.4, 0.5) is 15.8 Å². The average molecular weight is 329 g/mol. The summed E-state index contributed by atoms with van der Waals surface area (Å²) in [7, 11) is 0. The van der Waals surface area contributed by atoms with Crippen molar-refractivity contribution in [3.63, 3.8) is 0 Å². The molecule has 0 radical (unpaired) electrons. The third-order valence-corrected chi connectivity index (χ3v) is 3.42. The van der Waals surface area contributed by atoms with Gasteiger partial charge in [-0.3, -0.25) is 14.9 Å². The summed E-state index contributed by atoms with van der Waals surface area (Å²) in [6.07, 6.45) is 1.79. The van der Waals surface area contributed by atoms with Crippen molar-refractivity contribution >= 4 is 33.2 Å². The molecule has 1 aromatic rings. The van der Waals surface area contributed by atoms with Gasteiger partial charge in [0.25, 0.3) is 5.69 Å². The standard InChI is InChI=1S/C12H10BrFN2O3/c1-2-7-3-11(17)15(6-7)12-9(14)4-8(13)5-10(12)16(18)19/h2,4-5,7H,1,3,6H2. The summed E-state index contributed by atoms with van der Waals surface area (Å²) in [5.74, 6) is -1.25. The number of carbonyl (C=O) groups is 1. The Morgan fingerprint density at radius 3 is 2.79 bits per heavy atom. The van der Waals surface area contributed by atoms with E-state index >= 15 is 0 Å². The average Bonchev–Trinajstić information content (AvgIpc) is 2.69. The van der Waals surface area contributed by atoms with Crippen LogP contribution in [0.15, 0.2) is 29.3 Å². The summed E-state index contributed by atoms with van der Waals surface area (Å²) in [6, 6.07) is 2.30. The number of nitro benzene ring substituents is 1. The van der Waals surface area contributed by atoms with Crippen LogP contribution in [0.25, 0.3) is 0 Å². The highest BCUT2D eigenvalue weighted by Gasteiger charge is 2.35. The van der Waals surface area contributed by atoms with E-state index in [0.717, 1.165) is 11.0 Å². The molecule has 2 rings (SSSR count). The minimum absolute atomic E-state index is 0.116. The number of rotatable bonds is 3. The summed E-state index contributed by atoms with van der Waals surface area (Å²) < 4.78 is 14.2. The molecule has 0 N–H and O–H groups in total. The molecule has 1 saturated heterocycles. The van der Waals surface area contributed by atoms with E-state index in [-0.39, 0.29) is 35.0 Å². The first-order chi connectivity index (χ1) is 8.93. The fourth-order valence-corrected chi connectivity index (χ4v) is 2.49. The van der Waals surface area contributed by atoms with Crippen molar-refractivity contribution in [2.45, 2.75) is 6.42 Å². The maximum absolute atomic E-state index is 14.0. The van der Waals surface area contributed by atoms with E-state index in [0.29, 0.717) is 0 Å². The number of amides is 1. The number of carbonyl (C=O) groups excluding carboxylic acids is 1. The minimum Gasteiger partial charge on any atom is -0.303 e. The van der Waals surface area contributed by atoms with Gasteiger partial charge in [-0.25, -0.2) is 4.39 Å². The molecule has 7 heteroatoms. The molecule has 1 aromatic carbocycles. The highest BCUT2D eigenvalue weighted by atomic mass is 79.9. The van der Waals surface area contributed by atoms with Crippen LogP contribution in [-0.4, -0.2) is 17.4 Å². The fraction of sp³-hybridized carbons (Fsp3) is 0.250. The molecule has 0 spiro atoms. The number of anilines is 1. The van der Waals surface area contributed by atoms with E-state index in [1.54, 1.807) is 6.08 Å². The Balaban J connectivity index is 2.53. The number of hydrogen-bond donors (Lipinski definition) is 0. The van der Waals surface area contributed by atoms with E-state index in [1.165, 1.54) is 6.07 Å². The Bertz CT molecular complexity index is 576. The molecule has 0 aliphatic carbocycles. The highest BCUT2D eigenvalue weighted by Crippen LogP contribution is 2.37. The molecule has 1 aliphatic heterocycles. The van der Waals surface area contributed by atoms with Crippen LogP contribution < -0.4 is 4.90 Å². The van der Waals surface area contributed by atoms with Crippen LogP contribution in [0.3, 0.4) is 0 Å². The summed E-state index contributed by atoms with van der Waals surface area (Å²) in [5.41, 5.74) is -0.701. The molecular weight excluding hydrogens is 319 g/mol. The zero-order chi connectivity index (χ0) is 14.2. The van der Waals surface area contributed by atoms with Crippen molar-refractivity contribution in [2.24, 2.45) is 5.92 Å². The van der Waals surface area contributed by atoms with E-state index in [4.69, 9.17) is 0 Å². The van der Waals surface area contributed by atoms with E-state index in [2.05, 4.69) is 22.5 Å². The van der Waals surface area contributed by atoms with Crippen molar-refractivity contribution in [2.75, 3.05) is 11.4 Å². The van der Waals surface area contributed by atoms with Crippen LogP contribution in [0.2, 0.25) is 0 Å². The van der Waals surface area contributed by atoms with Crippen molar-refractivity contribution in [1.82, 2.24) is 0 Å². The van der Waals surface area contributed by atoms with Gasteiger partial charge in [0, 0.05) is 29.4 Å². The fourth-order valence-electron chi connectivity index (χ4n) is 2.07. The second-order valence-electron chi connectivity index (χ2n) is 4.22. The lowest BCUT2D eigenvalue weighted by atomic mass is 10.1. The van der Waals surface area contributed by atoms with Crippen molar-refractivity contribution in [1.29, 1.82) is 0 Å². The van der Waals surface area contributed by atoms with Crippen LogP contribution in [-0.2, 0) is 4.79 Å². The monoisotopic (exact) mass is 328 g/mol. The molecular formula is C12H10BrFN2O3. The molecule has 1 amide bonds. The molecule has 1 aliphatic rings. The number of nitrogens with zero attached hydrogens (tertiary/aromatic N) is 2. The first-order valence-electron chi connectivity index (χ1n) is 5.50. The normalized spacial score (nSPS) is 18.7. The Kier molecular flexibility index (Phi) is 3.66. The van der Waals surface area contributed by atoms with Gasteiger partial charge in [-0.2, -0.15) is 0 Å². The van der Waals surface area contributed by atoms with Gasteiger partial charge < -0.3 is 4.90 Å². The highest BCUT2D eigenvalue weighted by molar-refractivity contribution is 9.10. The molecule has 5 nitrogen and oxygen atoms in total. The van der Waals surface area contributed by atoms with Gasteiger partial charge in [-0.15, -0.1) is 6.58 Å². The van der Waals surface area contributed by atoms with Gasteiger partial charge in [0.05, 0.1) is 4.92 Å². The molecule has 1 unspecified atom stereocenters. The van der Waals surface area contributed by atoms with Gasteiger partial charge in [-0.1, -0.05) is 22.0 Å². The second-order valence-corrected chi connectivity index (χ2v) is 5.13. The Labute approximate surface area is 117 Å². The summed E-state index contributed by atoms with van der Waals surface area (Å²) in [6.45, 7) is 3.80. The Morgan fingerprint density at radius 2 is 2.26 bits per heavy atom. The van der Waals surface area contributed by atoms with Gasteiger partial charge in [0.2, 0.25) is 5.91 Å². The molecule has 1 fully saturated rings. The summed E-state index contributed by atoms with van der Waals surface area (Å²) >= 11 is 3.00. The van der Waals surface area contributed by atoms with Crippen LogP contribution >= 0.6 is 15.9 Å². The summed E-state index contributed by atoms with van der Waals surface area (Å²) in [4.78, 5) is 23.3. The predicted octanol–water partition coefficient (Wildman–Crippen LogP) is 3.04. The SMILES string of the molecule is C=CC1CC(=O)N(c2c(F)cc(Br)cc2[N+](=O)[O-])C1. The molecule has 1 atom stereocenters. The molecule has 1 heterocycles. The second kappa shape index (κ2) is 5.08. The zero-order valence-corrected chi connectivity index (χ0v) is 11.4. The third kappa shape index (κ3) is 2.51. The lowest BCUT2D eigenvalue weighted by Crippen LogP contribution is -2.26. The molecule has 0 aromatic heterocycles. The quantitative estimate of drug-likeness (QED) is 0.486. The van der Waals surface area contributed by atoms with Crippen molar-refractivity contribution in [3.05, 3.63) is 45.2 Å². The molecule has 19 heavy (non-hydrogen) atoms. The molecule has 0 saturated carbocycles. The predicted molar refractivity (Wildman–Crippen MR) is 71.4 cm³/mol. The lowest BCUT2D eigenvalue weighted by molar-refractivity contribution is -0.384. The van der Waals surface area contributed by atoms with Crippen molar-refractivity contribution < 1.29 is 14.1 Å². The maximum atomic E-state index is 14.0. The minimum atomic E-state index is -0.792. The largest absolute Gasteiger partial charge is 0.303 e. The zero-order valence-electron chi connectivity index (χ0n) is 9.81. The number of benzene rings is 1. The van der Waals surface area contributed by atoms with E-state index in [9.17, 15) is 19.3 Å². The van der Waals surface area contributed by atoms with Crippen LogP contribution in [0.5, 0.6) is 0 Å². The first-order valence-corrected chi connectivity index (χ1v) is 6.29. The van der Waals surface area contributed by atoms with Gasteiger partial charge in [0.1, 0.15) is 0 Å². The molecule has 0 bridgehead atoms. The third-order valence-electron chi connectivity index (χ3n) is 2.96. The first kappa shape index (κ1) is 13.7. The number of halogens is 2. The topological polar surface area (TPSA) is 63.5 Å². The van der Waals surface area contributed by atoms with E-state index in [1.807, 2.05) is 0 Å². The Hall–Kier alpha value is -1.76. The number of hydrogen-bond acceptors (Lipinski definition) is 3. The smallest absolute Gasteiger partial charge is 0.297 e. The van der Waals surface area contributed by atoms with Gasteiger partial charge >= 0.3 is 0 Å². The Morgan fingerprint density at radius 1 is 1.58 bits per heavy atom. The van der Waals surface area contributed by atoms with Gasteiger partial charge in [-0.05, 0) is 6.07 Å². The lowest BCUT2D eigenvalue weighted by Gasteiger charge is -2.17. The van der Waals surface area contributed by atoms with Gasteiger partial charge in [0.15, 0.2) is 11.5 Å². The van der Waals surface area contributed by atoms with Crippen molar-refractivity contribution in [3.8, 4) is 0 Å². The summed E-state index contributed by atoms with van der Waals surface area (Å²) in [5, 5.41) is 11.0. The maximum Gasteiger partial charge on any atom is 0.297 e.